The number of ether oxygens (including phenoxy) is 2. The number of hydrogen-bond acceptors (Lipinski definition) is 4. The average molecular weight is 649 g/mol. The van der Waals surface area contributed by atoms with E-state index in [1.807, 2.05) is 0 Å². The Morgan fingerprint density at radius 3 is 1.39 bits per heavy atom. The molecule has 1 aliphatic heterocycles. The Hall–Kier alpha value is 0.280. The van der Waals surface area contributed by atoms with Crippen LogP contribution in [-0.2, 0) is 9.47 Å². The minimum absolute atomic E-state index is 0. The molecular weight excluding hydrogens is 574 g/mol. The Morgan fingerprint density at radius 2 is 0.976 bits per heavy atom. The van der Waals surface area contributed by atoms with Crippen molar-refractivity contribution in [1.29, 1.82) is 0 Å². The van der Waals surface area contributed by atoms with Crippen molar-refractivity contribution in [2.75, 3.05) is 52.5 Å². The highest BCUT2D eigenvalue weighted by Crippen LogP contribution is 2.22. The van der Waals surface area contributed by atoms with Crippen LogP contribution in [0.4, 0.5) is 0 Å². The quantitative estimate of drug-likeness (QED) is 0.0795. The maximum atomic E-state index is 6.48. The minimum atomic E-state index is 0. The summed E-state index contributed by atoms with van der Waals surface area (Å²) in [6, 6.07) is 0. The molecule has 1 heterocycles. The van der Waals surface area contributed by atoms with Crippen LogP contribution in [0.15, 0.2) is 0 Å². The molecule has 41 heavy (non-hydrogen) atoms. The van der Waals surface area contributed by atoms with E-state index in [0.717, 1.165) is 63.4 Å². The third-order valence-electron chi connectivity index (χ3n) is 9.47. The van der Waals surface area contributed by atoms with E-state index in [2.05, 4.69) is 32.6 Å². The molecule has 0 amide bonds. The molecule has 248 valence electrons. The molecule has 6 heteroatoms. The van der Waals surface area contributed by atoms with Gasteiger partial charge in [0.25, 0.3) is 0 Å². The van der Waals surface area contributed by atoms with Crippen LogP contribution in [0.2, 0.25) is 0 Å². The zero-order valence-corrected chi connectivity index (χ0v) is 29.9. The molecule has 5 nitrogen and oxygen atoms in total. The Balaban J connectivity index is 0.0000160. The summed E-state index contributed by atoms with van der Waals surface area (Å²) in [4.78, 5) is 2.55. The largest absolute Gasteiger partial charge is 1.00 e. The third-order valence-corrected chi connectivity index (χ3v) is 9.47. The fourth-order valence-electron chi connectivity index (χ4n) is 6.37. The monoisotopic (exact) mass is 647 g/mol. The van der Waals surface area contributed by atoms with E-state index in [-0.39, 0.29) is 29.4 Å². The van der Waals surface area contributed by atoms with Gasteiger partial charge in [-0.3, -0.25) is 9.38 Å². The molecule has 2 atom stereocenters. The van der Waals surface area contributed by atoms with E-state index in [1.54, 1.807) is 0 Å². The zero-order valence-electron chi connectivity index (χ0n) is 28.3. The maximum absolute atomic E-state index is 6.48. The van der Waals surface area contributed by atoms with Crippen molar-refractivity contribution in [2.45, 2.75) is 175 Å². The third kappa shape index (κ3) is 20.8. The van der Waals surface area contributed by atoms with Crippen molar-refractivity contribution in [3.8, 4) is 0 Å². The lowest BCUT2D eigenvalue weighted by Crippen LogP contribution is -3.00. The van der Waals surface area contributed by atoms with Gasteiger partial charge in [-0.05, 0) is 26.3 Å². The first kappa shape index (κ1) is 41.3. The van der Waals surface area contributed by atoms with Gasteiger partial charge in [0, 0.05) is 20.0 Å². The summed E-state index contributed by atoms with van der Waals surface area (Å²) < 4.78 is 13.8. The highest BCUT2D eigenvalue weighted by Gasteiger charge is 2.39. The second kappa shape index (κ2) is 29.0. The van der Waals surface area contributed by atoms with Crippen molar-refractivity contribution >= 4 is 0 Å². The summed E-state index contributed by atoms with van der Waals surface area (Å²) in [6.07, 6.45) is 29.0. The van der Waals surface area contributed by atoms with Gasteiger partial charge in [0.2, 0.25) is 0 Å². The summed E-state index contributed by atoms with van der Waals surface area (Å²) in [6.45, 7) is 17.3. The topological polar surface area (TPSA) is 47.7 Å². The molecule has 0 aromatic heterocycles. The second-order valence-electron chi connectivity index (χ2n) is 12.9. The van der Waals surface area contributed by atoms with Crippen molar-refractivity contribution in [2.24, 2.45) is 5.73 Å². The Bertz CT molecular complexity index is 532. The smallest absolute Gasteiger partial charge is 0.190 e. The van der Waals surface area contributed by atoms with Gasteiger partial charge in [-0.2, -0.15) is 0 Å². The Morgan fingerprint density at radius 1 is 0.585 bits per heavy atom. The van der Waals surface area contributed by atoms with Gasteiger partial charge in [-0.15, -0.1) is 0 Å². The number of piperazine rings is 1. The van der Waals surface area contributed by atoms with Crippen LogP contribution >= 0.6 is 0 Å². The molecule has 2 N–H and O–H groups in total. The normalized spacial score (nSPS) is 16.9. The average Bonchev–Trinajstić information content (AvgIpc) is 2.97. The number of hydrogen-bond donors (Lipinski definition) is 1. The fraction of sp³-hybridized carbons (Fsp3) is 1.00. The standard InChI is InChI=1S/C35H74N3O2.BrH/c1-5-7-9-11-13-15-17-19-21-23-32-39-34(3)37-27-30-38(31-28-37,29-25-26-36)35(4)40-33-24-22-20-18-16-14-12-10-8-6-2;/h34-35H,5-33,36H2,1-4H3;1H/q+1;/p-1. The number of quaternary nitrogens is 1. The molecule has 0 aromatic rings. The van der Waals surface area contributed by atoms with E-state index in [9.17, 15) is 0 Å². The molecule has 0 saturated carbocycles. The Kier molecular flexibility index (Phi) is 29.2. The van der Waals surface area contributed by atoms with Gasteiger partial charge in [-0.1, -0.05) is 129 Å². The lowest BCUT2D eigenvalue weighted by atomic mass is 10.1. The first-order valence-corrected chi connectivity index (χ1v) is 18.1. The van der Waals surface area contributed by atoms with Crippen LogP contribution in [0.5, 0.6) is 0 Å². The van der Waals surface area contributed by atoms with Gasteiger partial charge in [-0.25, -0.2) is 0 Å². The number of nitrogens with two attached hydrogens (primary N) is 1. The zero-order chi connectivity index (χ0) is 29.2. The fourth-order valence-corrected chi connectivity index (χ4v) is 6.37. The van der Waals surface area contributed by atoms with Crippen LogP contribution in [-0.4, -0.2) is 74.3 Å². The van der Waals surface area contributed by atoms with Crippen LogP contribution in [0.3, 0.4) is 0 Å². The molecule has 2 unspecified atom stereocenters. The van der Waals surface area contributed by atoms with Gasteiger partial charge >= 0.3 is 0 Å². The molecule has 0 aliphatic carbocycles. The number of nitrogens with zero attached hydrogens (tertiary/aromatic N) is 2. The SMILES string of the molecule is CCCCCCCCCCCCOC(C)N1CC[N+](CCCN)(C(C)OCCCCCCCCCCCC)CC1.[Br-]. The molecular formula is C35H74BrN3O2. The van der Waals surface area contributed by atoms with Crippen molar-refractivity contribution in [1.82, 2.24) is 4.90 Å². The first-order chi connectivity index (χ1) is 19.6. The van der Waals surface area contributed by atoms with E-state index >= 15 is 0 Å². The minimum Gasteiger partial charge on any atom is -1.00 e. The van der Waals surface area contributed by atoms with Crippen LogP contribution < -0.4 is 22.7 Å². The van der Waals surface area contributed by atoms with Crippen molar-refractivity contribution < 1.29 is 30.9 Å². The number of unbranched alkanes of at least 4 members (excludes halogenated alkanes) is 18. The van der Waals surface area contributed by atoms with E-state index in [0.29, 0.717) is 0 Å². The van der Waals surface area contributed by atoms with E-state index < -0.39 is 0 Å². The van der Waals surface area contributed by atoms with Crippen LogP contribution in [0.25, 0.3) is 0 Å². The first-order valence-electron chi connectivity index (χ1n) is 18.1. The summed E-state index contributed by atoms with van der Waals surface area (Å²) >= 11 is 0. The van der Waals surface area contributed by atoms with Crippen LogP contribution in [0, 0.1) is 0 Å². The molecule has 1 saturated heterocycles. The molecule has 1 fully saturated rings. The van der Waals surface area contributed by atoms with E-state index in [4.69, 9.17) is 15.2 Å². The highest BCUT2D eigenvalue weighted by molar-refractivity contribution is 4.67. The lowest BCUT2D eigenvalue weighted by molar-refractivity contribution is -0.973. The predicted octanol–water partition coefficient (Wildman–Crippen LogP) is 6.04. The van der Waals surface area contributed by atoms with Gasteiger partial charge < -0.3 is 32.2 Å². The summed E-state index contributed by atoms with van der Waals surface area (Å²) in [5.41, 5.74) is 5.94. The molecule has 1 rings (SSSR count). The van der Waals surface area contributed by atoms with Gasteiger partial charge in [0.05, 0.1) is 39.3 Å². The maximum Gasteiger partial charge on any atom is 0.190 e. The molecule has 0 radical (unpaired) electrons. The second-order valence-corrected chi connectivity index (χ2v) is 12.9. The molecule has 0 spiro atoms. The molecule has 0 aromatic carbocycles. The summed E-state index contributed by atoms with van der Waals surface area (Å²) in [5.74, 6) is 0. The number of halogens is 1. The number of rotatable bonds is 29. The van der Waals surface area contributed by atoms with Crippen LogP contribution in [0.1, 0.15) is 163 Å². The summed E-state index contributed by atoms with van der Waals surface area (Å²) in [5, 5.41) is 0. The molecule has 0 bridgehead atoms. The summed E-state index contributed by atoms with van der Waals surface area (Å²) in [7, 11) is 0. The van der Waals surface area contributed by atoms with Gasteiger partial charge in [0.15, 0.2) is 6.23 Å². The predicted molar refractivity (Wildman–Crippen MR) is 175 cm³/mol. The van der Waals surface area contributed by atoms with Crippen molar-refractivity contribution in [3.05, 3.63) is 0 Å². The Labute approximate surface area is 268 Å². The van der Waals surface area contributed by atoms with Gasteiger partial charge in [0.1, 0.15) is 6.23 Å². The van der Waals surface area contributed by atoms with E-state index in [1.165, 1.54) is 128 Å². The highest BCUT2D eigenvalue weighted by atomic mass is 79.9. The lowest BCUT2D eigenvalue weighted by Gasteiger charge is -2.49. The molecule has 1 aliphatic rings. The van der Waals surface area contributed by atoms with Crippen molar-refractivity contribution in [3.63, 3.8) is 0 Å².